The first kappa shape index (κ1) is 21.7. The number of morpholine rings is 1. The van der Waals surface area contributed by atoms with Gasteiger partial charge < -0.3 is 15.0 Å². The predicted molar refractivity (Wildman–Crippen MR) is 119 cm³/mol. The van der Waals surface area contributed by atoms with Crippen LogP contribution in [-0.4, -0.2) is 64.3 Å². The van der Waals surface area contributed by atoms with Crippen molar-refractivity contribution in [2.75, 3.05) is 36.5 Å². The minimum Gasteiger partial charge on any atom is -0.378 e. The molecule has 1 N–H and O–H groups in total. The Bertz CT molecular complexity index is 1200. The molecule has 1 aromatic carbocycles. The Labute approximate surface area is 188 Å². The lowest BCUT2D eigenvalue weighted by molar-refractivity contribution is -0.106. The number of fused-ring (bicyclic) bond motifs is 1. The molecule has 0 aliphatic carbocycles. The number of aryl methyl sites for hydroxylation is 2. The molecule has 2 aromatic heterocycles. The number of hydrogen-bond acceptors (Lipinski definition) is 6. The highest BCUT2D eigenvalue weighted by atomic mass is 35.5. The molecule has 0 bridgehead atoms. The quantitative estimate of drug-likeness (QED) is 0.604. The predicted octanol–water partition coefficient (Wildman–Crippen LogP) is 2.60. The summed E-state index contributed by atoms with van der Waals surface area (Å²) in [5.74, 6) is -0.197. The number of carbonyl (C=O) groups is 3. The number of nitrogens with one attached hydrogen (secondary N) is 1. The van der Waals surface area contributed by atoms with E-state index >= 15 is 0 Å². The summed E-state index contributed by atoms with van der Waals surface area (Å²) in [6.07, 6.45) is 1.83. The van der Waals surface area contributed by atoms with E-state index in [0.29, 0.717) is 55.3 Å². The highest BCUT2D eigenvalue weighted by molar-refractivity contribution is 6.34. The summed E-state index contributed by atoms with van der Waals surface area (Å²) in [5, 5.41) is 7.85. The number of ether oxygens (including phenoxy) is 1. The van der Waals surface area contributed by atoms with Gasteiger partial charge in [0.1, 0.15) is 0 Å². The third-order valence-electron chi connectivity index (χ3n) is 5.20. The molecule has 1 saturated heterocycles. The zero-order valence-corrected chi connectivity index (χ0v) is 18.3. The number of pyridine rings is 1. The van der Waals surface area contributed by atoms with Crippen LogP contribution >= 0.6 is 11.6 Å². The normalized spacial score (nSPS) is 13.8. The Morgan fingerprint density at radius 1 is 1.25 bits per heavy atom. The van der Waals surface area contributed by atoms with Gasteiger partial charge in [-0.05, 0) is 31.2 Å². The summed E-state index contributed by atoms with van der Waals surface area (Å²) in [6.45, 7) is 3.78. The molecule has 11 heteroatoms. The number of rotatable bonds is 4. The number of imide groups is 1. The lowest BCUT2D eigenvalue weighted by Gasteiger charge is -2.27. The molecular formula is C21H21ClN6O4. The van der Waals surface area contributed by atoms with E-state index in [1.54, 1.807) is 34.8 Å². The minimum absolute atomic E-state index is 0.197. The number of aromatic nitrogens is 3. The maximum Gasteiger partial charge on any atom is 0.333 e. The van der Waals surface area contributed by atoms with Gasteiger partial charge in [0.15, 0.2) is 5.65 Å². The van der Waals surface area contributed by atoms with Gasteiger partial charge in [0.25, 0.3) is 5.91 Å². The number of amides is 4. The van der Waals surface area contributed by atoms with Gasteiger partial charge >= 0.3 is 6.03 Å². The molecule has 3 heterocycles. The number of carbonyl (C=O) groups excluding carboxylic acids is 3. The Balaban J connectivity index is 1.52. The van der Waals surface area contributed by atoms with E-state index in [0.717, 1.165) is 16.0 Å². The average molecular weight is 457 g/mol. The summed E-state index contributed by atoms with van der Waals surface area (Å²) in [6, 6.07) is 5.57. The minimum atomic E-state index is -0.689. The van der Waals surface area contributed by atoms with Crippen molar-refractivity contribution in [3.8, 4) is 0 Å². The first-order valence-corrected chi connectivity index (χ1v) is 10.3. The van der Waals surface area contributed by atoms with E-state index in [4.69, 9.17) is 16.3 Å². The zero-order chi connectivity index (χ0) is 22.8. The van der Waals surface area contributed by atoms with Crippen molar-refractivity contribution < 1.29 is 19.1 Å². The average Bonchev–Trinajstić information content (AvgIpc) is 3.07. The van der Waals surface area contributed by atoms with Crippen LogP contribution in [0.4, 0.5) is 16.2 Å². The molecule has 32 heavy (non-hydrogen) atoms. The van der Waals surface area contributed by atoms with Gasteiger partial charge in [-0.15, -0.1) is 0 Å². The molecule has 3 aromatic rings. The van der Waals surface area contributed by atoms with Crippen LogP contribution < -0.4 is 10.2 Å². The fourth-order valence-electron chi connectivity index (χ4n) is 3.54. The van der Waals surface area contributed by atoms with Crippen molar-refractivity contribution in [1.29, 1.82) is 0 Å². The van der Waals surface area contributed by atoms with E-state index in [-0.39, 0.29) is 10.9 Å². The van der Waals surface area contributed by atoms with Gasteiger partial charge in [0.2, 0.25) is 6.41 Å². The fraction of sp³-hybridized carbons (Fsp3) is 0.286. The van der Waals surface area contributed by atoms with Crippen LogP contribution in [-0.2, 0) is 16.6 Å². The van der Waals surface area contributed by atoms with Gasteiger partial charge in [-0.25, -0.2) is 14.7 Å². The first-order valence-electron chi connectivity index (χ1n) is 9.90. The smallest absolute Gasteiger partial charge is 0.333 e. The molecule has 1 aliphatic heterocycles. The largest absolute Gasteiger partial charge is 0.378 e. The highest BCUT2D eigenvalue weighted by Gasteiger charge is 2.22. The summed E-state index contributed by atoms with van der Waals surface area (Å²) < 4.78 is 6.89. The van der Waals surface area contributed by atoms with Crippen LogP contribution in [0, 0.1) is 6.92 Å². The van der Waals surface area contributed by atoms with Crippen LogP contribution in [0.15, 0.2) is 30.5 Å². The SMILES string of the molecule is Cc1nn(C)c2ncc(N(C=O)C(=O)Nc3ccc(C(=O)N4CCOCC4)c(Cl)c3)cc12. The van der Waals surface area contributed by atoms with Crippen molar-refractivity contribution in [3.63, 3.8) is 0 Å². The Hall–Kier alpha value is -3.50. The van der Waals surface area contributed by atoms with E-state index in [1.807, 2.05) is 6.92 Å². The molecule has 0 saturated carbocycles. The number of benzene rings is 1. The lowest BCUT2D eigenvalue weighted by Crippen LogP contribution is -2.40. The summed E-state index contributed by atoms with van der Waals surface area (Å²) in [5.41, 5.74) is 2.35. The molecule has 0 atom stereocenters. The van der Waals surface area contributed by atoms with E-state index in [2.05, 4.69) is 15.4 Å². The first-order chi connectivity index (χ1) is 15.4. The molecule has 10 nitrogen and oxygen atoms in total. The van der Waals surface area contributed by atoms with Crippen LogP contribution in [0.5, 0.6) is 0 Å². The summed E-state index contributed by atoms with van der Waals surface area (Å²) >= 11 is 6.31. The molecule has 4 amide bonds. The second kappa shape index (κ2) is 8.93. The van der Waals surface area contributed by atoms with Crippen molar-refractivity contribution >= 4 is 52.4 Å². The van der Waals surface area contributed by atoms with E-state index < -0.39 is 6.03 Å². The molecule has 1 fully saturated rings. The van der Waals surface area contributed by atoms with Crippen molar-refractivity contribution in [3.05, 3.63) is 46.7 Å². The lowest BCUT2D eigenvalue weighted by atomic mass is 10.1. The number of anilines is 2. The zero-order valence-electron chi connectivity index (χ0n) is 17.5. The van der Waals surface area contributed by atoms with Gasteiger partial charge in [-0.3, -0.25) is 14.3 Å². The molecule has 0 spiro atoms. The molecule has 166 valence electrons. The van der Waals surface area contributed by atoms with E-state index in [9.17, 15) is 14.4 Å². The highest BCUT2D eigenvalue weighted by Crippen LogP contribution is 2.25. The maximum absolute atomic E-state index is 12.8. The van der Waals surface area contributed by atoms with Crippen molar-refractivity contribution in [2.45, 2.75) is 6.92 Å². The van der Waals surface area contributed by atoms with Crippen LogP contribution in [0.1, 0.15) is 16.1 Å². The van der Waals surface area contributed by atoms with Gasteiger partial charge in [0, 0.05) is 31.2 Å². The second-order valence-electron chi connectivity index (χ2n) is 7.28. The third kappa shape index (κ3) is 4.14. The standard InChI is InChI=1S/C21H21ClN6O4/c1-13-17-10-15(11-23-19(17)26(2)25-13)28(12-29)21(31)24-14-3-4-16(18(22)9-14)20(30)27-5-7-32-8-6-27/h3-4,9-12H,5-8H2,1-2H3,(H,24,31). The van der Waals surface area contributed by atoms with Crippen molar-refractivity contribution in [2.24, 2.45) is 7.05 Å². The molecule has 0 unspecified atom stereocenters. The Kier molecular flexibility index (Phi) is 6.06. The third-order valence-corrected chi connectivity index (χ3v) is 5.51. The molecule has 4 rings (SSSR count). The maximum atomic E-state index is 12.8. The van der Waals surface area contributed by atoms with Crippen LogP contribution in [0.25, 0.3) is 11.0 Å². The number of hydrogen-bond donors (Lipinski definition) is 1. The molecule has 0 radical (unpaired) electrons. The topological polar surface area (TPSA) is 110 Å². The van der Waals surface area contributed by atoms with E-state index in [1.165, 1.54) is 12.3 Å². The second-order valence-corrected chi connectivity index (χ2v) is 7.69. The van der Waals surface area contributed by atoms with Crippen LogP contribution in [0.3, 0.4) is 0 Å². The Morgan fingerprint density at radius 2 is 2.00 bits per heavy atom. The number of halogens is 1. The number of urea groups is 1. The Morgan fingerprint density at radius 3 is 2.69 bits per heavy atom. The molecule has 1 aliphatic rings. The monoisotopic (exact) mass is 456 g/mol. The van der Waals surface area contributed by atoms with Crippen LogP contribution in [0.2, 0.25) is 5.02 Å². The molecular weight excluding hydrogens is 436 g/mol. The fourth-order valence-corrected chi connectivity index (χ4v) is 3.80. The summed E-state index contributed by atoms with van der Waals surface area (Å²) in [4.78, 5) is 44.0. The van der Waals surface area contributed by atoms with Crippen molar-refractivity contribution in [1.82, 2.24) is 19.7 Å². The van der Waals surface area contributed by atoms with Gasteiger partial charge in [-0.1, -0.05) is 11.6 Å². The summed E-state index contributed by atoms with van der Waals surface area (Å²) in [7, 11) is 1.77. The number of nitrogens with zero attached hydrogens (tertiary/aromatic N) is 5. The van der Waals surface area contributed by atoms with Gasteiger partial charge in [0.05, 0.1) is 41.4 Å². The van der Waals surface area contributed by atoms with Gasteiger partial charge in [-0.2, -0.15) is 5.10 Å².